The Balaban J connectivity index is 2.25. The Morgan fingerprint density at radius 2 is 2.05 bits per heavy atom. The zero-order valence-corrected chi connectivity index (χ0v) is 13.0. The van der Waals surface area contributed by atoms with Crippen LogP contribution in [0.3, 0.4) is 0 Å². The molecule has 2 aromatic rings. The monoisotopic (exact) mass is 313 g/mol. The fourth-order valence-electron chi connectivity index (χ4n) is 1.97. The van der Waals surface area contributed by atoms with Crippen LogP contribution in [-0.2, 0) is 19.6 Å². The minimum Gasteiger partial charge on any atom is -0.484 e. The van der Waals surface area contributed by atoms with Crippen molar-refractivity contribution >= 4 is 28.9 Å². The first-order chi connectivity index (χ1) is 9.58. The van der Waals surface area contributed by atoms with Crippen molar-refractivity contribution in [3.05, 3.63) is 39.6 Å². The van der Waals surface area contributed by atoms with Crippen LogP contribution in [0.4, 0.5) is 5.69 Å². The Bertz CT molecular complexity index is 590. The van der Waals surface area contributed by atoms with Crippen LogP contribution in [0.1, 0.15) is 25.2 Å². The minimum atomic E-state index is 0.285. The van der Waals surface area contributed by atoms with Gasteiger partial charge in [0.1, 0.15) is 6.61 Å². The highest BCUT2D eigenvalue weighted by Gasteiger charge is 2.16. The van der Waals surface area contributed by atoms with Crippen molar-refractivity contribution in [3.8, 4) is 5.75 Å². The molecular formula is C14H17Cl2N3O. The fourth-order valence-corrected chi connectivity index (χ4v) is 2.53. The van der Waals surface area contributed by atoms with E-state index in [9.17, 15) is 0 Å². The van der Waals surface area contributed by atoms with E-state index in [1.165, 1.54) is 0 Å². The third-order valence-corrected chi connectivity index (χ3v) is 3.78. The number of hydrogen-bond donors (Lipinski definition) is 1. The molecule has 6 heteroatoms. The predicted octanol–water partition coefficient (Wildman–Crippen LogP) is 3.93. The number of halogens is 2. The van der Waals surface area contributed by atoms with Crippen LogP contribution < -0.4 is 10.5 Å². The first-order valence-electron chi connectivity index (χ1n) is 6.49. The average Bonchev–Trinajstić information content (AvgIpc) is 2.74. The minimum absolute atomic E-state index is 0.285. The number of nitrogens with two attached hydrogens (primary N) is 1. The van der Waals surface area contributed by atoms with Gasteiger partial charge in [0.15, 0.2) is 5.75 Å². The number of anilines is 1. The van der Waals surface area contributed by atoms with Gasteiger partial charge >= 0.3 is 0 Å². The van der Waals surface area contributed by atoms with Gasteiger partial charge in [0.2, 0.25) is 0 Å². The summed E-state index contributed by atoms with van der Waals surface area (Å²) >= 11 is 12.4. The van der Waals surface area contributed by atoms with Crippen LogP contribution in [0.15, 0.2) is 18.2 Å². The standard InChI is InChI=1S/C14H17Cl2N3O/c1-3-11-13(16)12(19(4-2)18-11)8-20-14-9(15)6-5-7-10(14)17/h5-7H,3-4,8,17H2,1-2H3. The van der Waals surface area contributed by atoms with Crippen molar-refractivity contribution in [1.29, 1.82) is 0 Å². The molecule has 0 unspecified atom stereocenters. The lowest BCUT2D eigenvalue weighted by Crippen LogP contribution is -2.07. The molecule has 108 valence electrons. The number of aryl methyl sites for hydroxylation is 2. The highest BCUT2D eigenvalue weighted by atomic mass is 35.5. The van der Waals surface area contributed by atoms with Gasteiger partial charge in [-0.3, -0.25) is 4.68 Å². The molecule has 1 aromatic carbocycles. The van der Waals surface area contributed by atoms with Gasteiger partial charge in [0.05, 0.1) is 27.1 Å². The van der Waals surface area contributed by atoms with Crippen LogP contribution >= 0.6 is 23.2 Å². The molecule has 0 atom stereocenters. The van der Waals surface area contributed by atoms with Crippen LogP contribution in [-0.4, -0.2) is 9.78 Å². The van der Waals surface area contributed by atoms with Gasteiger partial charge in [-0.1, -0.05) is 36.2 Å². The van der Waals surface area contributed by atoms with Gasteiger partial charge < -0.3 is 10.5 Å². The Kier molecular flexibility index (Phi) is 4.78. The highest BCUT2D eigenvalue weighted by Crippen LogP contribution is 2.32. The highest BCUT2D eigenvalue weighted by molar-refractivity contribution is 6.32. The van der Waals surface area contributed by atoms with E-state index in [-0.39, 0.29) is 6.61 Å². The Hall–Kier alpha value is -1.39. The maximum absolute atomic E-state index is 6.33. The molecule has 0 aliphatic rings. The number of para-hydroxylation sites is 1. The van der Waals surface area contributed by atoms with Crippen LogP contribution in [0.2, 0.25) is 10.0 Å². The zero-order chi connectivity index (χ0) is 14.7. The SMILES string of the molecule is CCc1nn(CC)c(COc2c(N)cccc2Cl)c1Cl. The van der Waals surface area contributed by atoms with Gasteiger partial charge in [-0.25, -0.2) is 0 Å². The third kappa shape index (κ3) is 2.86. The predicted molar refractivity (Wildman–Crippen MR) is 82.5 cm³/mol. The van der Waals surface area contributed by atoms with Crippen molar-refractivity contribution in [2.45, 2.75) is 33.4 Å². The lowest BCUT2D eigenvalue weighted by molar-refractivity contribution is 0.294. The van der Waals surface area contributed by atoms with Crippen LogP contribution in [0.25, 0.3) is 0 Å². The first-order valence-corrected chi connectivity index (χ1v) is 7.24. The molecule has 0 radical (unpaired) electrons. The second-order valence-electron chi connectivity index (χ2n) is 4.32. The number of ether oxygens (including phenoxy) is 1. The van der Waals surface area contributed by atoms with E-state index in [4.69, 9.17) is 33.7 Å². The molecular weight excluding hydrogens is 297 g/mol. The van der Waals surface area contributed by atoms with E-state index in [1.54, 1.807) is 18.2 Å². The van der Waals surface area contributed by atoms with E-state index in [0.29, 0.717) is 21.5 Å². The topological polar surface area (TPSA) is 53.1 Å². The largest absolute Gasteiger partial charge is 0.484 e. The Morgan fingerprint density at radius 3 is 2.65 bits per heavy atom. The van der Waals surface area contributed by atoms with Crippen molar-refractivity contribution in [2.24, 2.45) is 0 Å². The summed E-state index contributed by atoms with van der Waals surface area (Å²) in [6.07, 6.45) is 0.785. The summed E-state index contributed by atoms with van der Waals surface area (Å²) in [5.41, 5.74) is 8.08. The Morgan fingerprint density at radius 1 is 1.30 bits per heavy atom. The van der Waals surface area contributed by atoms with E-state index < -0.39 is 0 Å². The van der Waals surface area contributed by atoms with Crippen LogP contribution in [0, 0.1) is 0 Å². The second kappa shape index (κ2) is 6.37. The molecule has 1 aromatic heterocycles. The molecule has 0 spiro atoms. The molecule has 2 N–H and O–H groups in total. The molecule has 0 saturated heterocycles. The summed E-state index contributed by atoms with van der Waals surface area (Å²) in [4.78, 5) is 0. The summed E-state index contributed by atoms with van der Waals surface area (Å²) in [5.74, 6) is 0.479. The lowest BCUT2D eigenvalue weighted by atomic mass is 10.3. The second-order valence-corrected chi connectivity index (χ2v) is 5.11. The summed E-state index contributed by atoms with van der Waals surface area (Å²) in [6, 6.07) is 5.27. The number of benzene rings is 1. The Labute approximate surface area is 128 Å². The van der Waals surface area contributed by atoms with Crippen LogP contribution in [0.5, 0.6) is 5.75 Å². The number of hydrogen-bond acceptors (Lipinski definition) is 3. The lowest BCUT2D eigenvalue weighted by Gasteiger charge is -2.11. The molecule has 0 aliphatic heterocycles. The molecule has 0 saturated carbocycles. The molecule has 4 nitrogen and oxygen atoms in total. The summed E-state index contributed by atoms with van der Waals surface area (Å²) in [6.45, 7) is 5.05. The number of nitrogens with zero attached hydrogens (tertiary/aromatic N) is 2. The number of aromatic nitrogens is 2. The maximum Gasteiger partial charge on any atom is 0.161 e. The quantitative estimate of drug-likeness (QED) is 0.851. The molecule has 0 aliphatic carbocycles. The number of rotatable bonds is 5. The average molecular weight is 314 g/mol. The normalized spacial score (nSPS) is 10.8. The first kappa shape index (κ1) is 15.0. The smallest absolute Gasteiger partial charge is 0.161 e. The van der Waals surface area contributed by atoms with Gasteiger partial charge in [-0.2, -0.15) is 5.10 Å². The summed E-state index contributed by atoms with van der Waals surface area (Å²) in [7, 11) is 0. The molecule has 1 heterocycles. The van der Waals surface area contributed by atoms with Gasteiger partial charge in [-0.05, 0) is 25.5 Å². The molecule has 0 fully saturated rings. The molecule has 0 amide bonds. The molecule has 20 heavy (non-hydrogen) atoms. The van der Waals surface area contributed by atoms with Crippen molar-refractivity contribution in [2.75, 3.05) is 5.73 Å². The number of nitrogen functional groups attached to an aromatic ring is 1. The summed E-state index contributed by atoms with van der Waals surface area (Å²) < 4.78 is 7.57. The van der Waals surface area contributed by atoms with Crippen molar-refractivity contribution in [3.63, 3.8) is 0 Å². The molecule has 2 rings (SSSR count). The van der Waals surface area contributed by atoms with E-state index in [1.807, 2.05) is 18.5 Å². The summed E-state index contributed by atoms with van der Waals surface area (Å²) in [5, 5.41) is 5.58. The van der Waals surface area contributed by atoms with E-state index in [2.05, 4.69) is 5.10 Å². The van der Waals surface area contributed by atoms with Gasteiger partial charge in [0.25, 0.3) is 0 Å². The van der Waals surface area contributed by atoms with Crippen molar-refractivity contribution < 1.29 is 4.74 Å². The van der Waals surface area contributed by atoms with Gasteiger partial charge in [-0.15, -0.1) is 0 Å². The van der Waals surface area contributed by atoms with E-state index >= 15 is 0 Å². The zero-order valence-electron chi connectivity index (χ0n) is 11.5. The fraction of sp³-hybridized carbons (Fsp3) is 0.357. The maximum atomic E-state index is 6.33. The van der Waals surface area contributed by atoms with Crippen molar-refractivity contribution in [1.82, 2.24) is 9.78 Å². The molecule has 0 bridgehead atoms. The van der Waals surface area contributed by atoms with E-state index in [0.717, 1.165) is 24.4 Å². The van der Waals surface area contributed by atoms with Gasteiger partial charge in [0, 0.05) is 6.54 Å². The third-order valence-electron chi connectivity index (χ3n) is 3.04.